The molecule has 2 aliphatic rings. The van der Waals surface area contributed by atoms with Crippen molar-refractivity contribution in [3.63, 3.8) is 0 Å². The van der Waals surface area contributed by atoms with E-state index in [0.29, 0.717) is 5.92 Å². The van der Waals surface area contributed by atoms with E-state index < -0.39 is 22.5 Å². The van der Waals surface area contributed by atoms with Gasteiger partial charge in [-0.05, 0) is 78.7 Å². The van der Waals surface area contributed by atoms with Crippen LogP contribution >= 0.6 is 11.6 Å². The Labute approximate surface area is 221 Å². The van der Waals surface area contributed by atoms with Crippen LogP contribution in [-0.4, -0.2) is 0 Å². The molecule has 0 N–H and O–H groups in total. The second-order valence-corrected chi connectivity index (χ2v) is 11.9. The lowest BCUT2D eigenvalue weighted by atomic mass is 9.74. The van der Waals surface area contributed by atoms with E-state index in [1.54, 1.807) is 12.1 Å². The van der Waals surface area contributed by atoms with Crippen LogP contribution in [-0.2, 0) is 0 Å². The smallest absolute Gasteiger partial charge is 0.145 e. The summed E-state index contributed by atoms with van der Waals surface area (Å²) < 4.78 is 42.6. The molecule has 0 atom stereocenters. The molecule has 2 aromatic carbocycles. The number of unbranched alkanes of at least 4 members (excludes halogenated alkanes) is 3. The minimum Gasteiger partial charge on any atom is -0.206 e. The zero-order valence-electron chi connectivity index (χ0n) is 21.8. The van der Waals surface area contributed by atoms with Gasteiger partial charge >= 0.3 is 0 Å². The van der Waals surface area contributed by atoms with Gasteiger partial charge in [0, 0.05) is 5.56 Å². The van der Waals surface area contributed by atoms with E-state index in [9.17, 15) is 13.2 Å². The van der Waals surface area contributed by atoms with Gasteiger partial charge in [-0.3, -0.25) is 0 Å². The Morgan fingerprint density at radius 3 is 1.78 bits per heavy atom. The van der Waals surface area contributed by atoms with Crippen molar-refractivity contribution in [3.8, 4) is 11.1 Å². The monoisotopic (exact) mass is 518 g/mol. The summed E-state index contributed by atoms with van der Waals surface area (Å²) in [6, 6.07) is 7.32. The molecule has 0 unspecified atom stereocenters. The zero-order chi connectivity index (χ0) is 25.5. The molecule has 4 heteroatoms. The van der Waals surface area contributed by atoms with Crippen molar-refractivity contribution in [2.24, 2.45) is 17.8 Å². The highest BCUT2D eigenvalue weighted by Crippen LogP contribution is 2.41. The number of hydrogen-bond donors (Lipinski definition) is 0. The lowest BCUT2D eigenvalue weighted by Crippen LogP contribution is -2.18. The molecule has 2 saturated carbocycles. The predicted molar refractivity (Wildman–Crippen MR) is 145 cm³/mol. The summed E-state index contributed by atoms with van der Waals surface area (Å²) in [4.78, 5) is 0. The third-order valence-electron chi connectivity index (χ3n) is 9.02. The second-order valence-electron chi connectivity index (χ2n) is 11.5. The first kappa shape index (κ1) is 27.6. The van der Waals surface area contributed by atoms with Gasteiger partial charge in [0.15, 0.2) is 0 Å². The maximum absolute atomic E-state index is 14.9. The van der Waals surface area contributed by atoms with Crippen LogP contribution in [0.15, 0.2) is 30.3 Å². The molecule has 0 bridgehead atoms. The summed E-state index contributed by atoms with van der Waals surface area (Å²) in [6.45, 7) is 2.28. The molecule has 0 aromatic heterocycles. The first-order chi connectivity index (χ1) is 17.4. The van der Waals surface area contributed by atoms with Crippen LogP contribution in [0.1, 0.15) is 115 Å². The first-order valence-electron chi connectivity index (χ1n) is 14.4. The van der Waals surface area contributed by atoms with Gasteiger partial charge in [0.25, 0.3) is 0 Å². The van der Waals surface area contributed by atoms with Crippen LogP contribution in [0.3, 0.4) is 0 Å². The highest BCUT2D eigenvalue weighted by molar-refractivity contribution is 6.31. The zero-order valence-corrected chi connectivity index (χ0v) is 22.6. The standard InChI is InChI=1S/C32H42ClF3/c1-2-3-4-5-6-22-7-9-23(10-8-22)11-12-24-13-15-25(16-14-24)26-17-18-28(29(34)19-26)27-20-30(35)32(33)31(36)21-27/h17-25H,2-16H2,1H3/t22-,23-,24?,25?. The predicted octanol–water partition coefficient (Wildman–Crippen LogP) is 11.3. The lowest BCUT2D eigenvalue weighted by Gasteiger charge is -2.32. The largest absolute Gasteiger partial charge is 0.206 e. The Balaban J connectivity index is 1.21. The molecule has 198 valence electrons. The number of rotatable bonds is 10. The molecular formula is C32H42ClF3. The Morgan fingerprint density at radius 1 is 0.667 bits per heavy atom. The van der Waals surface area contributed by atoms with Gasteiger partial charge in [0.05, 0.1) is 0 Å². The van der Waals surface area contributed by atoms with Crippen LogP contribution in [0.2, 0.25) is 5.02 Å². The van der Waals surface area contributed by atoms with Crippen molar-refractivity contribution in [3.05, 3.63) is 58.4 Å². The van der Waals surface area contributed by atoms with Crippen molar-refractivity contribution >= 4 is 11.6 Å². The molecule has 0 aliphatic heterocycles. The van der Waals surface area contributed by atoms with E-state index in [1.165, 1.54) is 83.5 Å². The van der Waals surface area contributed by atoms with Gasteiger partial charge in [-0.15, -0.1) is 0 Å². The summed E-state index contributed by atoms with van der Waals surface area (Å²) in [5, 5.41) is -0.557. The third kappa shape index (κ3) is 7.30. The quantitative estimate of drug-likeness (QED) is 0.216. The van der Waals surface area contributed by atoms with Crippen molar-refractivity contribution in [2.45, 2.75) is 109 Å². The van der Waals surface area contributed by atoms with Gasteiger partial charge in [0.1, 0.15) is 22.5 Å². The Hall–Kier alpha value is -1.48. The van der Waals surface area contributed by atoms with E-state index in [-0.39, 0.29) is 11.1 Å². The fourth-order valence-electron chi connectivity index (χ4n) is 6.65. The molecule has 0 radical (unpaired) electrons. The third-order valence-corrected chi connectivity index (χ3v) is 9.38. The second kappa shape index (κ2) is 13.4. The maximum atomic E-state index is 14.9. The fraction of sp³-hybridized carbons (Fsp3) is 0.625. The van der Waals surface area contributed by atoms with Crippen LogP contribution in [0.5, 0.6) is 0 Å². The van der Waals surface area contributed by atoms with Gasteiger partial charge in [0.2, 0.25) is 0 Å². The van der Waals surface area contributed by atoms with Crippen LogP contribution < -0.4 is 0 Å². The molecule has 4 rings (SSSR count). The van der Waals surface area contributed by atoms with Crippen LogP contribution in [0.4, 0.5) is 13.2 Å². The minimum atomic E-state index is -0.871. The molecule has 0 spiro atoms. The van der Waals surface area contributed by atoms with Crippen molar-refractivity contribution in [1.82, 2.24) is 0 Å². The Kier molecular flexibility index (Phi) is 10.2. The maximum Gasteiger partial charge on any atom is 0.145 e. The SMILES string of the molecule is CCCCCC[C@H]1CC[C@H](CCC2CCC(c3ccc(-c4cc(F)c(Cl)c(F)c4)c(F)c3)CC2)CC1. The molecule has 2 fully saturated rings. The summed E-state index contributed by atoms with van der Waals surface area (Å²) in [7, 11) is 0. The fourth-order valence-corrected chi connectivity index (χ4v) is 6.76. The number of benzene rings is 2. The van der Waals surface area contributed by atoms with E-state index in [0.717, 1.165) is 48.3 Å². The van der Waals surface area contributed by atoms with E-state index in [2.05, 4.69) is 6.92 Å². The topological polar surface area (TPSA) is 0 Å². The summed E-state index contributed by atoms with van der Waals surface area (Å²) in [5.74, 6) is 0.908. The Morgan fingerprint density at radius 2 is 1.22 bits per heavy atom. The van der Waals surface area contributed by atoms with Gasteiger partial charge in [-0.1, -0.05) is 101 Å². The first-order valence-corrected chi connectivity index (χ1v) is 14.8. The number of halogens is 4. The molecule has 36 heavy (non-hydrogen) atoms. The minimum absolute atomic E-state index is 0.174. The lowest BCUT2D eigenvalue weighted by molar-refractivity contribution is 0.222. The van der Waals surface area contributed by atoms with Crippen molar-refractivity contribution < 1.29 is 13.2 Å². The molecule has 2 aromatic rings. The molecule has 0 saturated heterocycles. The Bertz CT molecular complexity index is 948. The normalized spacial score (nSPS) is 24.7. The molecule has 0 nitrogen and oxygen atoms in total. The van der Waals surface area contributed by atoms with E-state index in [4.69, 9.17) is 11.6 Å². The van der Waals surface area contributed by atoms with Gasteiger partial charge < -0.3 is 0 Å². The van der Waals surface area contributed by atoms with Crippen LogP contribution in [0.25, 0.3) is 11.1 Å². The highest BCUT2D eigenvalue weighted by atomic mass is 35.5. The molecule has 0 amide bonds. The van der Waals surface area contributed by atoms with Gasteiger partial charge in [-0.2, -0.15) is 0 Å². The molecule has 2 aliphatic carbocycles. The average molecular weight is 519 g/mol. The molecular weight excluding hydrogens is 477 g/mol. The van der Waals surface area contributed by atoms with E-state index >= 15 is 0 Å². The summed E-state index contributed by atoms with van der Waals surface area (Å²) >= 11 is 5.57. The molecule has 0 heterocycles. The highest BCUT2D eigenvalue weighted by Gasteiger charge is 2.26. The number of hydrogen-bond acceptors (Lipinski definition) is 0. The van der Waals surface area contributed by atoms with Crippen LogP contribution in [0, 0.1) is 35.2 Å². The van der Waals surface area contributed by atoms with Gasteiger partial charge in [-0.25, -0.2) is 13.2 Å². The average Bonchev–Trinajstić information content (AvgIpc) is 2.89. The van der Waals surface area contributed by atoms with Crippen molar-refractivity contribution in [2.75, 3.05) is 0 Å². The van der Waals surface area contributed by atoms with E-state index in [1.807, 2.05) is 6.07 Å². The van der Waals surface area contributed by atoms with Crippen molar-refractivity contribution in [1.29, 1.82) is 0 Å². The summed E-state index contributed by atoms with van der Waals surface area (Å²) in [6.07, 6.45) is 20.1. The summed E-state index contributed by atoms with van der Waals surface area (Å²) in [5.41, 5.74) is 1.38.